The number of ether oxygens (including phenoxy) is 1. The molecule has 0 radical (unpaired) electrons. The van der Waals surface area contributed by atoms with Gasteiger partial charge in [0.15, 0.2) is 0 Å². The molecule has 0 spiro atoms. The average Bonchev–Trinajstić information content (AvgIpc) is 2.37. The number of halogens is 3. The smallest absolute Gasteiger partial charge is 0.341 e. The maximum absolute atomic E-state index is 11.1. The number of carbonyl (C=O) groups is 1. The van der Waals surface area contributed by atoms with Crippen LogP contribution in [0.3, 0.4) is 0 Å². The second kappa shape index (κ2) is 5.87. The van der Waals surface area contributed by atoms with Crippen LogP contribution < -0.4 is 10.5 Å². The molecule has 2 rings (SSSR count). The first-order valence-electron chi connectivity index (χ1n) is 5.19. The van der Waals surface area contributed by atoms with Crippen LogP contribution in [0.4, 0.5) is 5.69 Å². The van der Waals surface area contributed by atoms with Gasteiger partial charge in [0.1, 0.15) is 11.3 Å². The van der Waals surface area contributed by atoms with Crippen molar-refractivity contribution in [2.45, 2.75) is 0 Å². The van der Waals surface area contributed by atoms with Gasteiger partial charge < -0.3 is 15.6 Å². The molecule has 1 heterocycles. The molecule has 0 unspecified atom stereocenters. The normalized spacial score (nSPS) is 10.3. The Morgan fingerprint density at radius 3 is 2.65 bits per heavy atom. The van der Waals surface area contributed by atoms with Crippen LogP contribution in [-0.4, -0.2) is 16.1 Å². The van der Waals surface area contributed by atoms with Gasteiger partial charge in [-0.2, -0.15) is 0 Å². The fourth-order valence-electron chi connectivity index (χ4n) is 1.39. The monoisotopic (exact) mass is 376 g/mol. The summed E-state index contributed by atoms with van der Waals surface area (Å²) < 4.78 is 6.01. The number of carboxylic acid groups (broad SMARTS) is 1. The average molecular weight is 378 g/mol. The molecule has 1 aromatic heterocycles. The van der Waals surface area contributed by atoms with Gasteiger partial charge >= 0.3 is 5.97 Å². The molecule has 0 aliphatic rings. The maximum atomic E-state index is 11.1. The van der Waals surface area contributed by atoms with E-state index >= 15 is 0 Å². The molecule has 0 aliphatic carbocycles. The van der Waals surface area contributed by atoms with Crippen molar-refractivity contribution >= 4 is 50.8 Å². The Balaban J connectivity index is 2.45. The van der Waals surface area contributed by atoms with Crippen molar-refractivity contribution in [3.8, 4) is 11.6 Å². The van der Waals surface area contributed by atoms with Crippen molar-refractivity contribution in [3.05, 3.63) is 44.5 Å². The Bertz CT molecular complexity index is 695. The largest absolute Gasteiger partial charge is 0.477 e. The zero-order valence-electron chi connectivity index (χ0n) is 9.73. The first-order chi connectivity index (χ1) is 9.38. The van der Waals surface area contributed by atoms with Gasteiger partial charge in [0, 0.05) is 10.5 Å². The third-order valence-electron chi connectivity index (χ3n) is 2.28. The highest BCUT2D eigenvalue weighted by molar-refractivity contribution is 9.10. The van der Waals surface area contributed by atoms with E-state index in [4.69, 9.17) is 38.8 Å². The lowest BCUT2D eigenvalue weighted by Gasteiger charge is -2.10. The van der Waals surface area contributed by atoms with Crippen LogP contribution in [0.15, 0.2) is 28.9 Å². The van der Waals surface area contributed by atoms with E-state index in [0.717, 1.165) is 0 Å². The molecule has 2 aromatic rings. The number of nitrogen functional groups attached to an aromatic ring is 1. The Morgan fingerprint density at radius 1 is 1.30 bits per heavy atom. The Hall–Kier alpha value is -1.50. The van der Waals surface area contributed by atoms with Gasteiger partial charge in [-0.3, -0.25) is 0 Å². The van der Waals surface area contributed by atoms with E-state index in [1.165, 1.54) is 24.4 Å². The molecule has 1 aromatic carbocycles. The number of hydrogen-bond donors (Lipinski definition) is 2. The summed E-state index contributed by atoms with van der Waals surface area (Å²) in [6.45, 7) is 0. The second-order valence-electron chi connectivity index (χ2n) is 3.73. The third kappa shape index (κ3) is 3.15. The number of nitrogens with zero attached hydrogens (tertiary/aromatic N) is 1. The summed E-state index contributed by atoms with van der Waals surface area (Å²) in [5.74, 6) is -1.13. The number of carboxylic acids is 1. The molecule has 0 atom stereocenters. The van der Waals surface area contributed by atoms with Crippen LogP contribution in [0.25, 0.3) is 0 Å². The van der Waals surface area contributed by atoms with Gasteiger partial charge in [-0.1, -0.05) is 23.2 Å². The standard InChI is InChI=1S/C12H7BrCl2N2O3/c13-7-2-9(15)10(3-8(7)14)20-11-6(12(18)19)1-5(16)4-17-11/h1-4H,16H2,(H,18,19). The minimum Gasteiger partial charge on any atom is -0.477 e. The lowest BCUT2D eigenvalue weighted by molar-refractivity contribution is 0.0693. The number of nitrogens with two attached hydrogens (primary N) is 1. The number of rotatable bonds is 3. The molecule has 3 N–H and O–H groups in total. The number of anilines is 1. The Kier molecular flexibility index (Phi) is 4.37. The van der Waals surface area contributed by atoms with E-state index in [0.29, 0.717) is 9.50 Å². The number of pyridine rings is 1. The van der Waals surface area contributed by atoms with Gasteiger partial charge in [-0.25, -0.2) is 9.78 Å². The Morgan fingerprint density at radius 2 is 2.00 bits per heavy atom. The molecule has 0 amide bonds. The molecule has 0 bridgehead atoms. The topological polar surface area (TPSA) is 85.4 Å². The summed E-state index contributed by atoms with van der Waals surface area (Å²) in [5.41, 5.74) is 5.55. The summed E-state index contributed by atoms with van der Waals surface area (Å²) >= 11 is 15.2. The highest BCUT2D eigenvalue weighted by Crippen LogP contribution is 2.36. The summed E-state index contributed by atoms with van der Waals surface area (Å²) in [6.07, 6.45) is 1.29. The van der Waals surface area contributed by atoms with Crippen molar-refractivity contribution in [2.24, 2.45) is 0 Å². The summed E-state index contributed by atoms with van der Waals surface area (Å²) in [4.78, 5) is 15.0. The van der Waals surface area contributed by atoms with Crippen molar-refractivity contribution < 1.29 is 14.6 Å². The maximum Gasteiger partial charge on any atom is 0.341 e. The van der Waals surface area contributed by atoms with Crippen molar-refractivity contribution in [3.63, 3.8) is 0 Å². The first-order valence-corrected chi connectivity index (χ1v) is 6.74. The van der Waals surface area contributed by atoms with Crippen LogP contribution >= 0.6 is 39.1 Å². The predicted octanol–water partition coefficient (Wildman–Crippen LogP) is 4.22. The van der Waals surface area contributed by atoms with Gasteiger partial charge in [0.25, 0.3) is 0 Å². The summed E-state index contributed by atoms with van der Waals surface area (Å²) in [6, 6.07) is 4.24. The van der Waals surface area contributed by atoms with Crippen LogP contribution in [0, 0.1) is 0 Å². The fraction of sp³-hybridized carbons (Fsp3) is 0. The van der Waals surface area contributed by atoms with E-state index in [-0.39, 0.29) is 27.9 Å². The van der Waals surface area contributed by atoms with E-state index in [1.807, 2.05) is 0 Å². The lowest BCUT2D eigenvalue weighted by Crippen LogP contribution is -2.03. The Labute approximate surface area is 132 Å². The molecule has 0 fully saturated rings. The highest BCUT2D eigenvalue weighted by Gasteiger charge is 2.16. The lowest BCUT2D eigenvalue weighted by atomic mass is 10.2. The van der Waals surface area contributed by atoms with Crippen LogP contribution in [-0.2, 0) is 0 Å². The number of benzene rings is 1. The number of aromatic carboxylic acids is 1. The minimum absolute atomic E-state index is 0.119. The predicted molar refractivity (Wildman–Crippen MR) is 79.8 cm³/mol. The van der Waals surface area contributed by atoms with Crippen LogP contribution in [0.1, 0.15) is 10.4 Å². The molecule has 5 nitrogen and oxygen atoms in total. The molecule has 0 saturated heterocycles. The molecule has 20 heavy (non-hydrogen) atoms. The molecule has 0 aliphatic heterocycles. The van der Waals surface area contributed by atoms with Crippen molar-refractivity contribution in [2.75, 3.05) is 5.73 Å². The molecule has 8 heteroatoms. The van der Waals surface area contributed by atoms with E-state index in [2.05, 4.69) is 20.9 Å². The summed E-state index contributed by atoms with van der Waals surface area (Å²) in [7, 11) is 0. The molecule has 104 valence electrons. The SMILES string of the molecule is Nc1cnc(Oc2cc(Cl)c(Br)cc2Cl)c(C(=O)O)c1. The third-order valence-corrected chi connectivity index (χ3v) is 3.78. The minimum atomic E-state index is -1.21. The first kappa shape index (κ1) is 14.9. The van der Waals surface area contributed by atoms with Gasteiger partial charge in [-0.05, 0) is 28.1 Å². The van der Waals surface area contributed by atoms with Crippen molar-refractivity contribution in [1.29, 1.82) is 0 Å². The van der Waals surface area contributed by atoms with Gasteiger partial charge in [0.2, 0.25) is 5.88 Å². The quantitative estimate of drug-likeness (QED) is 0.782. The zero-order valence-corrected chi connectivity index (χ0v) is 12.8. The fourth-order valence-corrected chi connectivity index (χ4v) is 2.22. The van der Waals surface area contributed by atoms with E-state index < -0.39 is 5.97 Å². The zero-order chi connectivity index (χ0) is 14.9. The second-order valence-corrected chi connectivity index (χ2v) is 5.39. The van der Waals surface area contributed by atoms with E-state index in [1.54, 1.807) is 0 Å². The molecule has 0 saturated carbocycles. The number of aromatic nitrogens is 1. The number of hydrogen-bond acceptors (Lipinski definition) is 4. The van der Waals surface area contributed by atoms with Gasteiger partial charge in [0.05, 0.1) is 21.9 Å². The highest BCUT2D eigenvalue weighted by atomic mass is 79.9. The molecular weight excluding hydrogens is 371 g/mol. The molecular formula is C12H7BrCl2N2O3. The van der Waals surface area contributed by atoms with Crippen LogP contribution in [0.5, 0.6) is 11.6 Å². The van der Waals surface area contributed by atoms with Crippen molar-refractivity contribution in [1.82, 2.24) is 4.98 Å². The van der Waals surface area contributed by atoms with Gasteiger partial charge in [-0.15, -0.1) is 0 Å². The summed E-state index contributed by atoms with van der Waals surface area (Å²) in [5, 5.41) is 9.73. The van der Waals surface area contributed by atoms with Crippen LogP contribution in [0.2, 0.25) is 10.0 Å². The van der Waals surface area contributed by atoms with E-state index in [9.17, 15) is 4.79 Å².